The third-order valence-corrected chi connectivity index (χ3v) is 4.15. The predicted molar refractivity (Wildman–Crippen MR) is 71.8 cm³/mol. The van der Waals surface area contributed by atoms with Crippen LogP contribution in [-0.2, 0) is 4.79 Å². The Morgan fingerprint density at radius 3 is 2.59 bits per heavy atom. The number of hydrogen-bond acceptors (Lipinski definition) is 4. The Kier molecular flexibility index (Phi) is 4.25. The van der Waals surface area contributed by atoms with Gasteiger partial charge in [-0.3, -0.25) is 4.79 Å². The fourth-order valence-electron chi connectivity index (χ4n) is 1.93. The number of nitrogens with zero attached hydrogens (tertiary/aromatic N) is 2. The zero-order valence-electron chi connectivity index (χ0n) is 9.56. The first-order chi connectivity index (χ1) is 8.20. The lowest BCUT2D eigenvalue weighted by molar-refractivity contribution is -0.131. The Hall–Kier alpha value is -0.780. The minimum Gasteiger partial charge on any atom is -0.360 e. The van der Waals surface area contributed by atoms with Crippen LogP contribution in [0, 0.1) is 0 Å². The van der Waals surface area contributed by atoms with Gasteiger partial charge in [-0.25, -0.2) is 0 Å². The highest BCUT2D eigenvalue weighted by Gasteiger charge is 2.21. The van der Waals surface area contributed by atoms with E-state index in [2.05, 4.69) is 4.90 Å². The normalized spacial score (nSPS) is 16.4. The molecule has 1 saturated heterocycles. The molecule has 2 rings (SSSR count). The van der Waals surface area contributed by atoms with Gasteiger partial charge in [0.1, 0.15) is 0 Å². The maximum Gasteiger partial charge on any atom is 0.223 e. The van der Waals surface area contributed by atoms with E-state index >= 15 is 0 Å². The lowest BCUT2D eigenvalue weighted by Crippen LogP contribution is -2.48. The van der Waals surface area contributed by atoms with Gasteiger partial charge >= 0.3 is 0 Å². The van der Waals surface area contributed by atoms with E-state index in [4.69, 9.17) is 17.3 Å². The van der Waals surface area contributed by atoms with E-state index in [0.29, 0.717) is 13.0 Å². The summed E-state index contributed by atoms with van der Waals surface area (Å²) in [6.45, 7) is 3.71. The standard InChI is InChI=1S/C11H16ClN3OS/c12-9-1-2-11(17-9)15-7-5-14(6-8-15)10(16)3-4-13/h1-2H,3-8,13H2. The van der Waals surface area contributed by atoms with Gasteiger partial charge in [0.25, 0.3) is 0 Å². The molecule has 2 N–H and O–H groups in total. The second-order valence-corrected chi connectivity index (χ2v) is 5.68. The molecular formula is C11H16ClN3OS. The number of amides is 1. The van der Waals surface area contributed by atoms with Gasteiger partial charge in [-0.05, 0) is 12.1 Å². The predicted octanol–water partition coefficient (Wildman–Crippen LogP) is 1.40. The quantitative estimate of drug-likeness (QED) is 0.906. The first-order valence-electron chi connectivity index (χ1n) is 5.69. The summed E-state index contributed by atoms with van der Waals surface area (Å²) in [5, 5.41) is 1.18. The number of nitrogens with two attached hydrogens (primary N) is 1. The van der Waals surface area contributed by atoms with Crippen LogP contribution in [0.4, 0.5) is 5.00 Å². The summed E-state index contributed by atoms with van der Waals surface area (Å²) in [6, 6.07) is 3.94. The molecule has 0 aromatic carbocycles. The number of hydrogen-bond donors (Lipinski definition) is 1. The van der Waals surface area contributed by atoms with Crippen LogP contribution in [0.3, 0.4) is 0 Å². The molecule has 1 amide bonds. The number of halogens is 1. The van der Waals surface area contributed by atoms with E-state index in [0.717, 1.165) is 30.5 Å². The Labute approximate surface area is 110 Å². The lowest BCUT2D eigenvalue weighted by atomic mass is 10.3. The number of carbonyl (C=O) groups excluding carboxylic acids is 1. The van der Waals surface area contributed by atoms with E-state index in [1.165, 1.54) is 5.00 Å². The fraction of sp³-hybridized carbons (Fsp3) is 0.545. The summed E-state index contributed by atoms with van der Waals surface area (Å²) < 4.78 is 0.807. The van der Waals surface area contributed by atoms with Gasteiger partial charge in [-0.1, -0.05) is 11.6 Å². The summed E-state index contributed by atoms with van der Waals surface area (Å²) in [5.74, 6) is 0.163. The maximum atomic E-state index is 11.7. The third-order valence-electron chi connectivity index (χ3n) is 2.86. The topological polar surface area (TPSA) is 49.6 Å². The minimum absolute atomic E-state index is 0.163. The van der Waals surface area contributed by atoms with Crippen molar-refractivity contribution < 1.29 is 4.79 Å². The third kappa shape index (κ3) is 3.12. The van der Waals surface area contributed by atoms with Crippen LogP contribution in [0.5, 0.6) is 0 Å². The van der Waals surface area contributed by atoms with Crippen molar-refractivity contribution in [2.24, 2.45) is 5.73 Å². The first kappa shape index (κ1) is 12.7. The number of carbonyl (C=O) groups is 1. The highest BCUT2D eigenvalue weighted by atomic mass is 35.5. The van der Waals surface area contributed by atoms with Crippen molar-refractivity contribution in [1.29, 1.82) is 0 Å². The zero-order valence-corrected chi connectivity index (χ0v) is 11.1. The Morgan fingerprint density at radius 1 is 1.35 bits per heavy atom. The van der Waals surface area contributed by atoms with E-state index in [1.807, 2.05) is 17.0 Å². The Bertz CT molecular complexity index is 388. The van der Waals surface area contributed by atoms with E-state index in [1.54, 1.807) is 11.3 Å². The van der Waals surface area contributed by atoms with E-state index in [-0.39, 0.29) is 5.91 Å². The zero-order chi connectivity index (χ0) is 12.3. The summed E-state index contributed by atoms with van der Waals surface area (Å²) in [4.78, 5) is 15.8. The van der Waals surface area contributed by atoms with Crippen molar-refractivity contribution in [3.63, 3.8) is 0 Å². The van der Waals surface area contributed by atoms with E-state index in [9.17, 15) is 4.79 Å². The molecule has 17 heavy (non-hydrogen) atoms. The number of piperazine rings is 1. The molecule has 0 bridgehead atoms. The molecule has 4 nitrogen and oxygen atoms in total. The number of anilines is 1. The van der Waals surface area contributed by atoms with Gasteiger partial charge in [0.15, 0.2) is 0 Å². The van der Waals surface area contributed by atoms with Crippen LogP contribution in [-0.4, -0.2) is 43.5 Å². The molecule has 0 spiro atoms. The molecule has 0 unspecified atom stereocenters. The van der Waals surface area contributed by atoms with Crippen molar-refractivity contribution in [1.82, 2.24) is 4.90 Å². The van der Waals surface area contributed by atoms with Gasteiger partial charge in [0.2, 0.25) is 5.91 Å². The molecule has 94 valence electrons. The van der Waals surface area contributed by atoms with Gasteiger partial charge in [0.05, 0.1) is 9.34 Å². The molecule has 1 aromatic rings. The minimum atomic E-state index is 0.163. The largest absolute Gasteiger partial charge is 0.360 e. The molecule has 6 heteroatoms. The van der Waals surface area contributed by atoms with Crippen LogP contribution >= 0.6 is 22.9 Å². The smallest absolute Gasteiger partial charge is 0.223 e. The average Bonchev–Trinajstić information content (AvgIpc) is 2.76. The second kappa shape index (κ2) is 5.71. The molecule has 0 aliphatic carbocycles. The number of thiophene rings is 1. The summed E-state index contributed by atoms with van der Waals surface area (Å²) in [7, 11) is 0. The number of rotatable bonds is 3. The molecule has 1 aromatic heterocycles. The van der Waals surface area contributed by atoms with Gasteiger partial charge in [-0.2, -0.15) is 0 Å². The van der Waals surface area contributed by atoms with Crippen LogP contribution in [0.2, 0.25) is 4.34 Å². The first-order valence-corrected chi connectivity index (χ1v) is 6.88. The molecule has 1 aliphatic heterocycles. The van der Waals surface area contributed by atoms with Crippen molar-refractivity contribution in [3.05, 3.63) is 16.5 Å². The highest BCUT2D eigenvalue weighted by molar-refractivity contribution is 7.19. The second-order valence-electron chi connectivity index (χ2n) is 3.98. The molecule has 1 aliphatic rings. The Balaban J connectivity index is 1.88. The van der Waals surface area contributed by atoms with E-state index < -0.39 is 0 Å². The van der Waals surface area contributed by atoms with Gasteiger partial charge < -0.3 is 15.5 Å². The summed E-state index contributed by atoms with van der Waals surface area (Å²) in [5.41, 5.74) is 5.39. The monoisotopic (exact) mass is 273 g/mol. The van der Waals surface area contributed by atoms with Crippen LogP contribution in [0.1, 0.15) is 6.42 Å². The fourth-order valence-corrected chi connectivity index (χ4v) is 3.02. The van der Waals surface area contributed by atoms with Gasteiger partial charge in [0, 0.05) is 39.1 Å². The molecule has 0 radical (unpaired) electrons. The summed E-state index contributed by atoms with van der Waals surface area (Å²) in [6.07, 6.45) is 0.449. The molecule has 0 saturated carbocycles. The van der Waals surface area contributed by atoms with Crippen molar-refractivity contribution in [2.45, 2.75) is 6.42 Å². The van der Waals surface area contributed by atoms with Crippen LogP contribution in [0.15, 0.2) is 12.1 Å². The van der Waals surface area contributed by atoms with Crippen molar-refractivity contribution >= 4 is 33.8 Å². The lowest BCUT2D eigenvalue weighted by Gasteiger charge is -2.35. The molecular weight excluding hydrogens is 258 g/mol. The SMILES string of the molecule is NCCC(=O)N1CCN(c2ccc(Cl)s2)CC1. The molecule has 0 atom stereocenters. The molecule has 2 heterocycles. The Morgan fingerprint density at radius 2 is 2.06 bits per heavy atom. The van der Waals surface area contributed by atoms with Crippen LogP contribution in [0.25, 0.3) is 0 Å². The van der Waals surface area contributed by atoms with Crippen molar-refractivity contribution in [2.75, 3.05) is 37.6 Å². The van der Waals surface area contributed by atoms with Crippen molar-refractivity contribution in [3.8, 4) is 0 Å². The van der Waals surface area contributed by atoms with Crippen LogP contribution < -0.4 is 10.6 Å². The summed E-state index contributed by atoms with van der Waals surface area (Å²) >= 11 is 7.50. The average molecular weight is 274 g/mol. The maximum absolute atomic E-state index is 11.7. The highest BCUT2D eigenvalue weighted by Crippen LogP contribution is 2.30. The van der Waals surface area contributed by atoms with Gasteiger partial charge in [-0.15, -0.1) is 11.3 Å². The molecule has 1 fully saturated rings.